The van der Waals surface area contributed by atoms with Crippen LogP contribution in [0.5, 0.6) is 11.8 Å². The molecule has 3 rings (SSSR count). The second-order valence-corrected chi connectivity index (χ2v) is 6.90. The van der Waals surface area contributed by atoms with Crippen molar-refractivity contribution in [1.82, 2.24) is 15.0 Å². The van der Waals surface area contributed by atoms with Gasteiger partial charge in [0.25, 0.3) is 5.91 Å². The Kier molecular flexibility index (Phi) is 5.98. The number of methoxy groups -OCH3 is 2. The summed E-state index contributed by atoms with van der Waals surface area (Å²) in [4.78, 5) is 23.9. The van der Waals surface area contributed by atoms with Crippen LogP contribution in [0.15, 0.2) is 6.33 Å². The number of nitrogens with zero attached hydrogens (tertiary/aromatic N) is 3. The Balaban J connectivity index is 1.93. The number of hydrogen-bond acceptors (Lipinski definition) is 8. The van der Waals surface area contributed by atoms with Gasteiger partial charge in [-0.15, -0.1) is 11.3 Å². The fraction of sp³-hybridized carbons (Fsp3) is 0.500. The molecule has 1 N–H and O–H groups in total. The van der Waals surface area contributed by atoms with Gasteiger partial charge in [-0.1, -0.05) is 0 Å². The van der Waals surface area contributed by atoms with E-state index < -0.39 is 23.7 Å². The molecule has 28 heavy (non-hydrogen) atoms. The quantitative estimate of drug-likeness (QED) is 0.797. The molecule has 0 bridgehead atoms. The average Bonchev–Trinajstić information content (AvgIpc) is 3.12. The lowest BCUT2D eigenvalue weighted by Crippen LogP contribution is -2.18. The van der Waals surface area contributed by atoms with Gasteiger partial charge in [0.1, 0.15) is 6.33 Å². The molecule has 1 aliphatic rings. The first-order chi connectivity index (χ1) is 13.3. The van der Waals surface area contributed by atoms with Crippen LogP contribution in [0.2, 0.25) is 0 Å². The van der Waals surface area contributed by atoms with E-state index in [4.69, 9.17) is 14.2 Å². The highest BCUT2D eigenvalue weighted by Crippen LogP contribution is 2.42. The first-order valence-electron chi connectivity index (χ1n) is 8.25. The van der Waals surface area contributed by atoms with Crippen LogP contribution in [-0.2, 0) is 10.9 Å². The largest absolute Gasteiger partial charge is 0.480 e. The number of halogens is 3. The standard InChI is InChI=1S/C16H17F3N4O4S/c1-25-13-9(14(26-2)21-7-20-13)12(24)23-15-22-11(16(17,18)19)10(28-15)8-4-3-5-27-6-8/h7-8H,3-6H2,1-2H3,(H,22,23,24). The van der Waals surface area contributed by atoms with Crippen LogP contribution in [0.25, 0.3) is 0 Å². The zero-order valence-corrected chi connectivity index (χ0v) is 15.8. The molecule has 0 aromatic carbocycles. The maximum atomic E-state index is 13.4. The van der Waals surface area contributed by atoms with E-state index in [0.29, 0.717) is 19.4 Å². The Morgan fingerprint density at radius 1 is 1.29 bits per heavy atom. The van der Waals surface area contributed by atoms with Crippen molar-refractivity contribution in [2.45, 2.75) is 24.9 Å². The lowest BCUT2D eigenvalue weighted by molar-refractivity contribution is -0.141. The molecular weight excluding hydrogens is 401 g/mol. The Hall–Kier alpha value is -2.47. The summed E-state index contributed by atoms with van der Waals surface area (Å²) in [6, 6.07) is 0. The van der Waals surface area contributed by atoms with Gasteiger partial charge in [0, 0.05) is 17.4 Å². The molecule has 1 saturated heterocycles. The third-order valence-corrected chi connectivity index (χ3v) is 5.20. The van der Waals surface area contributed by atoms with Crippen LogP contribution in [0, 0.1) is 0 Å². The minimum absolute atomic E-state index is 0.0470. The third kappa shape index (κ3) is 4.17. The predicted molar refractivity (Wildman–Crippen MR) is 93.0 cm³/mol. The minimum Gasteiger partial charge on any atom is -0.480 e. The normalized spacial score (nSPS) is 17.2. The van der Waals surface area contributed by atoms with E-state index in [1.165, 1.54) is 14.2 Å². The number of amides is 1. The van der Waals surface area contributed by atoms with Gasteiger partial charge >= 0.3 is 6.18 Å². The van der Waals surface area contributed by atoms with E-state index in [1.54, 1.807) is 0 Å². The molecule has 0 saturated carbocycles. The van der Waals surface area contributed by atoms with E-state index in [1.807, 2.05) is 0 Å². The van der Waals surface area contributed by atoms with Crippen LogP contribution in [-0.4, -0.2) is 48.3 Å². The molecule has 1 atom stereocenters. The van der Waals surface area contributed by atoms with Crippen LogP contribution >= 0.6 is 11.3 Å². The molecule has 3 heterocycles. The number of rotatable bonds is 5. The van der Waals surface area contributed by atoms with Crippen LogP contribution in [0.4, 0.5) is 18.3 Å². The zero-order chi connectivity index (χ0) is 20.3. The molecule has 1 unspecified atom stereocenters. The molecule has 2 aromatic rings. The van der Waals surface area contributed by atoms with Crippen LogP contribution in [0.3, 0.4) is 0 Å². The molecule has 8 nitrogen and oxygen atoms in total. The Morgan fingerprint density at radius 3 is 2.50 bits per heavy atom. The Morgan fingerprint density at radius 2 is 1.96 bits per heavy atom. The number of hydrogen-bond donors (Lipinski definition) is 1. The number of alkyl halides is 3. The summed E-state index contributed by atoms with van der Waals surface area (Å²) in [6.07, 6.45) is -2.28. The molecule has 1 aliphatic heterocycles. The van der Waals surface area contributed by atoms with Gasteiger partial charge in [-0.05, 0) is 12.8 Å². The average molecular weight is 418 g/mol. The number of carbonyl (C=O) groups is 1. The first kappa shape index (κ1) is 20.3. The van der Waals surface area contributed by atoms with Crippen molar-refractivity contribution in [2.24, 2.45) is 0 Å². The molecule has 2 aromatic heterocycles. The SMILES string of the molecule is COc1ncnc(OC)c1C(=O)Nc1nc(C(F)(F)F)c(C2CCCOC2)s1. The molecule has 0 radical (unpaired) electrons. The third-order valence-electron chi connectivity index (χ3n) is 4.06. The molecule has 12 heteroatoms. The van der Waals surface area contributed by atoms with Crippen molar-refractivity contribution in [3.05, 3.63) is 22.5 Å². The zero-order valence-electron chi connectivity index (χ0n) is 15.0. The van der Waals surface area contributed by atoms with Gasteiger partial charge in [0.05, 0.1) is 20.8 Å². The van der Waals surface area contributed by atoms with Crippen molar-refractivity contribution >= 4 is 22.4 Å². The summed E-state index contributed by atoms with van der Waals surface area (Å²) in [5.74, 6) is -1.35. The molecule has 152 valence electrons. The van der Waals surface area contributed by atoms with Crippen molar-refractivity contribution in [3.8, 4) is 11.8 Å². The van der Waals surface area contributed by atoms with E-state index in [9.17, 15) is 18.0 Å². The number of carbonyl (C=O) groups excluding carboxylic acids is 1. The molecular formula is C16H17F3N4O4S. The smallest absolute Gasteiger partial charge is 0.434 e. The van der Waals surface area contributed by atoms with Gasteiger partial charge in [0.15, 0.2) is 16.4 Å². The van der Waals surface area contributed by atoms with Crippen molar-refractivity contribution in [3.63, 3.8) is 0 Å². The van der Waals surface area contributed by atoms with Crippen molar-refractivity contribution in [2.75, 3.05) is 32.8 Å². The molecule has 1 amide bonds. The second kappa shape index (κ2) is 8.27. The lowest BCUT2D eigenvalue weighted by atomic mass is 9.99. The summed E-state index contributed by atoms with van der Waals surface area (Å²) in [5, 5.41) is 2.18. The highest BCUT2D eigenvalue weighted by atomic mass is 32.1. The minimum atomic E-state index is -4.64. The summed E-state index contributed by atoms with van der Waals surface area (Å²) in [6.45, 7) is 0.709. The summed E-state index contributed by atoms with van der Waals surface area (Å²) in [7, 11) is 2.59. The van der Waals surface area contributed by atoms with Gasteiger partial charge in [-0.2, -0.15) is 13.2 Å². The second-order valence-electron chi connectivity index (χ2n) is 5.87. The fourth-order valence-electron chi connectivity index (χ4n) is 2.83. The monoisotopic (exact) mass is 418 g/mol. The first-order valence-corrected chi connectivity index (χ1v) is 9.06. The highest BCUT2D eigenvalue weighted by Gasteiger charge is 2.40. The van der Waals surface area contributed by atoms with Crippen molar-refractivity contribution in [1.29, 1.82) is 0 Å². The van der Waals surface area contributed by atoms with Gasteiger partial charge < -0.3 is 14.2 Å². The lowest BCUT2D eigenvalue weighted by Gasteiger charge is -2.21. The molecule has 0 spiro atoms. The fourth-order valence-corrected chi connectivity index (χ4v) is 3.93. The molecule has 0 aliphatic carbocycles. The Bertz CT molecular complexity index is 831. The van der Waals surface area contributed by atoms with Crippen LogP contribution < -0.4 is 14.8 Å². The van der Waals surface area contributed by atoms with E-state index in [0.717, 1.165) is 17.7 Å². The van der Waals surface area contributed by atoms with E-state index in [-0.39, 0.29) is 33.9 Å². The van der Waals surface area contributed by atoms with Gasteiger partial charge in [-0.25, -0.2) is 15.0 Å². The summed E-state index contributed by atoms with van der Waals surface area (Å²) in [5.41, 5.74) is -1.15. The van der Waals surface area contributed by atoms with E-state index in [2.05, 4.69) is 20.3 Å². The summed E-state index contributed by atoms with van der Waals surface area (Å²) < 4.78 is 55.7. The maximum Gasteiger partial charge on any atom is 0.434 e. The highest BCUT2D eigenvalue weighted by molar-refractivity contribution is 7.16. The number of aromatic nitrogens is 3. The van der Waals surface area contributed by atoms with Crippen LogP contribution in [0.1, 0.15) is 39.7 Å². The number of ether oxygens (including phenoxy) is 3. The number of nitrogens with one attached hydrogen (secondary N) is 1. The summed E-state index contributed by atoms with van der Waals surface area (Å²) >= 11 is 0.777. The number of anilines is 1. The Labute approximate surface area is 162 Å². The van der Waals surface area contributed by atoms with Gasteiger partial charge in [-0.3, -0.25) is 10.1 Å². The number of thiazole rings is 1. The maximum absolute atomic E-state index is 13.4. The van der Waals surface area contributed by atoms with Gasteiger partial charge in [0.2, 0.25) is 11.8 Å². The predicted octanol–water partition coefficient (Wildman–Crippen LogP) is 3.12. The van der Waals surface area contributed by atoms with E-state index >= 15 is 0 Å². The topological polar surface area (TPSA) is 95.5 Å². The van der Waals surface area contributed by atoms with Crippen molar-refractivity contribution < 1.29 is 32.2 Å². The molecule has 1 fully saturated rings.